The van der Waals surface area contributed by atoms with E-state index in [0.29, 0.717) is 27.8 Å². The van der Waals surface area contributed by atoms with Gasteiger partial charge in [-0.25, -0.2) is 18.8 Å². The summed E-state index contributed by atoms with van der Waals surface area (Å²) < 4.78 is 45.0. The van der Waals surface area contributed by atoms with E-state index in [1.165, 1.54) is 18.3 Å². The smallest absolute Gasteiger partial charge is 0.335 e. The number of alkyl halides is 3. The zero-order valence-corrected chi connectivity index (χ0v) is 27.2. The Morgan fingerprint density at radius 3 is 2.25 bits per heavy atom. The van der Waals surface area contributed by atoms with Gasteiger partial charge in [0.15, 0.2) is 0 Å². The van der Waals surface area contributed by atoms with Crippen molar-refractivity contribution in [1.29, 1.82) is 5.26 Å². The Bertz CT molecular complexity index is 1980. The van der Waals surface area contributed by atoms with Crippen LogP contribution in [0.1, 0.15) is 35.2 Å². The molecular formula is C36H37F3N7O2+. The molecule has 248 valence electrons. The predicted octanol–water partition coefficient (Wildman–Crippen LogP) is 6.35. The van der Waals surface area contributed by atoms with Crippen LogP contribution in [0.4, 0.5) is 18.0 Å². The number of nitrogens with one attached hydrogen (secondary N) is 1. The van der Waals surface area contributed by atoms with E-state index in [9.17, 15) is 28.0 Å². The fourth-order valence-electron chi connectivity index (χ4n) is 5.26. The Morgan fingerprint density at radius 1 is 1.00 bits per heavy atom. The molecule has 2 heterocycles. The summed E-state index contributed by atoms with van der Waals surface area (Å²) in [6.07, 6.45) is -0.902. The molecule has 0 bridgehead atoms. The highest BCUT2D eigenvalue weighted by molar-refractivity contribution is 5.83. The van der Waals surface area contributed by atoms with E-state index >= 15 is 0 Å². The molecule has 0 atom stereocenters. The number of nitrogens with zero attached hydrogens (tertiary/aromatic N) is 6. The minimum atomic E-state index is -4.61. The summed E-state index contributed by atoms with van der Waals surface area (Å²) >= 11 is 0. The summed E-state index contributed by atoms with van der Waals surface area (Å²) in [5.41, 5.74) is 1.15. The average molecular weight is 657 g/mol. The fourth-order valence-corrected chi connectivity index (χ4v) is 5.26. The number of hydrogen-bond donors (Lipinski definition) is 1. The second-order valence-corrected chi connectivity index (χ2v) is 12.7. The Hall–Kier alpha value is -5.41. The van der Waals surface area contributed by atoms with E-state index in [0.717, 1.165) is 46.2 Å². The van der Waals surface area contributed by atoms with Gasteiger partial charge in [0, 0.05) is 12.5 Å². The summed E-state index contributed by atoms with van der Waals surface area (Å²) in [5, 5.41) is 16.9. The Balaban J connectivity index is 0.000000677. The third kappa shape index (κ3) is 7.75. The van der Waals surface area contributed by atoms with Crippen LogP contribution in [0.5, 0.6) is 0 Å². The first-order valence-corrected chi connectivity index (χ1v) is 15.5. The van der Waals surface area contributed by atoms with E-state index in [-0.39, 0.29) is 23.1 Å². The van der Waals surface area contributed by atoms with Crippen molar-refractivity contribution in [2.75, 3.05) is 27.7 Å². The SMILES string of the molecule is Cc1c(-c2ccnn2-c2ccc(C#N)cc2CC[N+](C)(C)C)n(C(=O)NC2CC2)c(=O)n1-c1cccc(C(F)(F)F)c1.c1ccccc1. The Kier molecular flexibility index (Phi) is 9.72. The maximum atomic E-state index is 13.8. The van der Waals surface area contributed by atoms with Gasteiger partial charge in [0.1, 0.15) is 5.69 Å². The molecule has 1 amide bonds. The Morgan fingerprint density at radius 2 is 1.67 bits per heavy atom. The van der Waals surface area contributed by atoms with E-state index < -0.39 is 23.5 Å². The molecule has 6 rings (SSSR count). The first-order chi connectivity index (χ1) is 22.8. The van der Waals surface area contributed by atoms with Crippen LogP contribution in [0.3, 0.4) is 0 Å². The maximum absolute atomic E-state index is 13.8. The molecule has 48 heavy (non-hydrogen) atoms. The lowest BCUT2D eigenvalue weighted by Gasteiger charge is -2.24. The third-order valence-electron chi connectivity index (χ3n) is 7.86. The summed E-state index contributed by atoms with van der Waals surface area (Å²) in [6, 6.07) is 24.8. The quantitative estimate of drug-likeness (QED) is 0.207. The van der Waals surface area contributed by atoms with Gasteiger partial charge in [-0.1, -0.05) is 42.5 Å². The molecule has 0 unspecified atom stereocenters. The van der Waals surface area contributed by atoms with Crippen molar-refractivity contribution in [2.24, 2.45) is 0 Å². The molecule has 12 heteroatoms. The van der Waals surface area contributed by atoms with Crippen molar-refractivity contribution < 1.29 is 22.4 Å². The number of carbonyl (C=O) groups is 1. The van der Waals surface area contributed by atoms with Crippen LogP contribution < -0.4 is 11.0 Å². The zero-order valence-electron chi connectivity index (χ0n) is 27.2. The summed E-state index contributed by atoms with van der Waals surface area (Å²) in [6.45, 7) is 2.35. The van der Waals surface area contributed by atoms with Crippen molar-refractivity contribution in [1.82, 2.24) is 24.2 Å². The number of hydrogen-bond acceptors (Lipinski definition) is 4. The van der Waals surface area contributed by atoms with Gasteiger partial charge in [-0.3, -0.25) is 4.57 Å². The molecule has 0 aliphatic heterocycles. The van der Waals surface area contributed by atoms with Crippen LogP contribution in [0, 0.1) is 18.3 Å². The van der Waals surface area contributed by atoms with E-state index in [2.05, 4.69) is 37.6 Å². The molecular weight excluding hydrogens is 619 g/mol. The molecule has 1 aliphatic carbocycles. The summed E-state index contributed by atoms with van der Waals surface area (Å²) in [7, 11) is 6.18. The topological polar surface area (TPSA) is 97.6 Å². The first-order valence-electron chi connectivity index (χ1n) is 15.5. The molecule has 1 N–H and O–H groups in total. The van der Waals surface area contributed by atoms with Gasteiger partial charge in [0.05, 0.1) is 73.8 Å². The molecule has 5 aromatic rings. The molecule has 3 aromatic carbocycles. The fraction of sp³-hybridized carbons (Fsp3) is 0.278. The van der Waals surface area contributed by atoms with Gasteiger partial charge >= 0.3 is 17.9 Å². The van der Waals surface area contributed by atoms with Crippen LogP contribution in [-0.2, 0) is 12.6 Å². The molecule has 1 aliphatic rings. The second-order valence-electron chi connectivity index (χ2n) is 12.7. The highest BCUT2D eigenvalue weighted by Gasteiger charge is 2.33. The van der Waals surface area contributed by atoms with Crippen molar-refractivity contribution in [3.8, 4) is 28.8 Å². The minimum absolute atomic E-state index is 0.0142. The lowest BCUT2D eigenvalue weighted by atomic mass is 10.0. The highest BCUT2D eigenvalue weighted by atomic mass is 19.4. The molecule has 0 spiro atoms. The van der Waals surface area contributed by atoms with Crippen LogP contribution in [0.25, 0.3) is 22.8 Å². The second kappa shape index (κ2) is 13.8. The van der Waals surface area contributed by atoms with Crippen LogP contribution in [-0.4, -0.2) is 63.2 Å². The summed E-state index contributed by atoms with van der Waals surface area (Å²) in [4.78, 5) is 27.3. The number of likely N-dealkylation sites (N-methyl/N-ethyl adjacent to an activating group) is 1. The van der Waals surface area contributed by atoms with Crippen LogP contribution >= 0.6 is 0 Å². The van der Waals surface area contributed by atoms with Crippen molar-refractivity contribution >= 4 is 6.03 Å². The van der Waals surface area contributed by atoms with Gasteiger partial charge in [-0.15, -0.1) is 0 Å². The van der Waals surface area contributed by atoms with Gasteiger partial charge < -0.3 is 9.80 Å². The molecule has 1 fully saturated rings. The molecule has 2 aromatic heterocycles. The van der Waals surface area contributed by atoms with Crippen molar-refractivity contribution in [3.05, 3.63) is 124 Å². The van der Waals surface area contributed by atoms with E-state index in [1.807, 2.05) is 36.4 Å². The van der Waals surface area contributed by atoms with E-state index in [1.54, 1.807) is 35.9 Å². The monoisotopic (exact) mass is 656 g/mol. The highest BCUT2D eigenvalue weighted by Crippen LogP contribution is 2.33. The Labute approximate surface area is 276 Å². The van der Waals surface area contributed by atoms with E-state index in [4.69, 9.17) is 0 Å². The number of aromatic nitrogens is 4. The summed E-state index contributed by atoms with van der Waals surface area (Å²) in [5.74, 6) is 0. The first kappa shape index (κ1) is 33.9. The van der Waals surface area contributed by atoms with Crippen LogP contribution in [0.15, 0.2) is 95.9 Å². The number of quaternary nitrogens is 1. The number of amides is 1. The standard InChI is InChI=1S/C30H30F3N7O2.C6H6/c1-19-27(26-12-14-35-39(26)25-11-8-20(18-34)16-21(25)13-15-40(2,3)4)38(28(41)36-23-9-10-23)29(42)37(19)24-7-5-6-22(17-24)30(31,32)33;1-2-4-6-5-3-1/h5-8,11-12,14,16-17,23H,9-10,13,15H2,1-4H3;1-6H/p+1. The van der Waals surface area contributed by atoms with Gasteiger partial charge in [-0.2, -0.15) is 23.5 Å². The van der Waals surface area contributed by atoms with Crippen LogP contribution in [0.2, 0.25) is 0 Å². The molecule has 1 saturated carbocycles. The van der Waals surface area contributed by atoms with Gasteiger partial charge in [0.2, 0.25) is 0 Å². The molecule has 0 radical (unpaired) electrons. The number of carbonyl (C=O) groups excluding carboxylic acids is 1. The number of imidazole rings is 1. The largest absolute Gasteiger partial charge is 0.416 e. The lowest BCUT2D eigenvalue weighted by molar-refractivity contribution is -0.870. The third-order valence-corrected chi connectivity index (χ3v) is 7.86. The minimum Gasteiger partial charge on any atom is -0.335 e. The molecule has 0 saturated heterocycles. The van der Waals surface area contributed by atoms with Crippen molar-refractivity contribution in [2.45, 2.75) is 38.4 Å². The predicted molar refractivity (Wildman–Crippen MR) is 177 cm³/mol. The number of halogens is 3. The lowest BCUT2D eigenvalue weighted by Crippen LogP contribution is -2.38. The number of rotatable bonds is 7. The maximum Gasteiger partial charge on any atom is 0.416 e. The molecule has 9 nitrogen and oxygen atoms in total. The average Bonchev–Trinajstić information content (AvgIpc) is 3.67. The van der Waals surface area contributed by atoms with Gasteiger partial charge in [0.25, 0.3) is 0 Å². The van der Waals surface area contributed by atoms with Gasteiger partial charge in [-0.05, 0) is 67.8 Å². The zero-order chi connectivity index (χ0) is 34.6. The van der Waals surface area contributed by atoms with Crippen molar-refractivity contribution in [3.63, 3.8) is 0 Å². The number of nitriles is 1. The number of benzene rings is 3. The normalized spacial score (nSPS) is 13.0.